The lowest BCUT2D eigenvalue weighted by Crippen LogP contribution is -2.34. The molecule has 0 aromatic carbocycles. The molecule has 1 aliphatic heterocycles. The summed E-state index contributed by atoms with van der Waals surface area (Å²) in [4.78, 5) is 18.1. The topological polar surface area (TPSA) is 58.4 Å². The van der Waals surface area contributed by atoms with Gasteiger partial charge in [0.25, 0.3) is 5.56 Å². The molecule has 1 N–H and O–H groups in total. The van der Waals surface area contributed by atoms with Crippen molar-refractivity contribution in [1.82, 2.24) is 9.55 Å². The molecule has 0 amide bonds. The van der Waals surface area contributed by atoms with Crippen molar-refractivity contribution >= 4 is 5.82 Å². The Balaban J connectivity index is 2.23. The van der Waals surface area contributed by atoms with Gasteiger partial charge in [0.1, 0.15) is 0 Å². The highest BCUT2D eigenvalue weighted by Crippen LogP contribution is 2.22. The van der Waals surface area contributed by atoms with Crippen LogP contribution in [0.3, 0.4) is 0 Å². The van der Waals surface area contributed by atoms with E-state index in [0.29, 0.717) is 18.8 Å². The van der Waals surface area contributed by atoms with Crippen molar-refractivity contribution in [3.8, 4) is 0 Å². The van der Waals surface area contributed by atoms with Crippen LogP contribution in [-0.2, 0) is 7.05 Å². The molecule has 1 aliphatic rings. The molecular weight excluding hydrogens is 218 g/mol. The molecule has 2 rings (SSSR count). The van der Waals surface area contributed by atoms with E-state index in [1.165, 1.54) is 4.57 Å². The summed E-state index contributed by atoms with van der Waals surface area (Å²) >= 11 is 0. The Hall–Kier alpha value is -1.36. The molecule has 5 nitrogen and oxygen atoms in total. The summed E-state index contributed by atoms with van der Waals surface area (Å²) in [5.74, 6) is 0.493. The van der Waals surface area contributed by atoms with E-state index in [-0.39, 0.29) is 5.56 Å². The van der Waals surface area contributed by atoms with Gasteiger partial charge in [-0.3, -0.25) is 4.79 Å². The molecule has 0 bridgehead atoms. The molecule has 0 radical (unpaired) electrons. The zero-order valence-corrected chi connectivity index (χ0v) is 10.4. The third kappa shape index (κ3) is 2.66. The van der Waals surface area contributed by atoms with Gasteiger partial charge in [-0.05, 0) is 26.2 Å². The van der Waals surface area contributed by atoms with E-state index in [9.17, 15) is 9.90 Å². The second-order valence-electron chi connectivity index (χ2n) is 5.00. The van der Waals surface area contributed by atoms with Gasteiger partial charge in [-0.15, -0.1) is 0 Å². The number of hydrogen-bond donors (Lipinski definition) is 1. The predicted molar refractivity (Wildman–Crippen MR) is 66.2 cm³/mol. The number of aryl methyl sites for hydroxylation is 1. The van der Waals surface area contributed by atoms with E-state index in [4.69, 9.17) is 0 Å². The second-order valence-corrected chi connectivity index (χ2v) is 5.00. The molecule has 2 heterocycles. The van der Waals surface area contributed by atoms with E-state index in [1.54, 1.807) is 19.4 Å². The molecule has 94 valence electrons. The van der Waals surface area contributed by atoms with Gasteiger partial charge in [-0.2, -0.15) is 0 Å². The maximum Gasteiger partial charge on any atom is 0.293 e. The maximum absolute atomic E-state index is 11.9. The van der Waals surface area contributed by atoms with Crippen molar-refractivity contribution in [2.24, 2.45) is 7.05 Å². The fraction of sp³-hybridized carbons (Fsp3) is 0.667. The number of anilines is 1. The SMILES string of the molecule is Cn1ccnc(N2CCCC(C)(O)CC2)c1=O. The number of hydrogen-bond acceptors (Lipinski definition) is 4. The summed E-state index contributed by atoms with van der Waals surface area (Å²) < 4.78 is 1.53. The summed E-state index contributed by atoms with van der Waals surface area (Å²) in [5, 5.41) is 10.0. The van der Waals surface area contributed by atoms with Gasteiger partial charge >= 0.3 is 0 Å². The van der Waals surface area contributed by atoms with Crippen LogP contribution in [0.2, 0.25) is 0 Å². The Bertz CT molecular complexity index is 453. The smallest absolute Gasteiger partial charge is 0.293 e. The van der Waals surface area contributed by atoms with Crippen LogP contribution < -0.4 is 10.5 Å². The predicted octanol–water partition coefficient (Wildman–Crippen LogP) is 0.522. The largest absolute Gasteiger partial charge is 0.390 e. The number of nitrogens with zero attached hydrogens (tertiary/aromatic N) is 3. The molecule has 17 heavy (non-hydrogen) atoms. The standard InChI is InChI=1S/C12H19N3O2/c1-12(17)4-3-7-15(8-5-12)10-11(16)14(2)9-6-13-10/h6,9,17H,3-5,7-8H2,1-2H3. The average molecular weight is 237 g/mol. The first-order valence-electron chi connectivity index (χ1n) is 5.99. The van der Waals surface area contributed by atoms with Gasteiger partial charge in [-0.25, -0.2) is 4.98 Å². The van der Waals surface area contributed by atoms with Gasteiger partial charge in [0, 0.05) is 32.5 Å². The molecular formula is C12H19N3O2. The van der Waals surface area contributed by atoms with Crippen molar-refractivity contribution < 1.29 is 5.11 Å². The number of aromatic nitrogens is 2. The molecule has 5 heteroatoms. The van der Waals surface area contributed by atoms with Crippen molar-refractivity contribution in [1.29, 1.82) is 0 Å². The summed E-state index contributed by atoms with van der Waals surface area (Å²) in [6, 6.07) is 0. The van der Waals surface area contributed by atoms with E-state index < -0.39 is 5.60 Å². The molecule has 1 unspecified atom stereocenters. The summed E-state index contributed by atoms with van der Waals surface area (Å²) in [6.07, 6.45) is 5.62. The van der Waals surface area contributed by atoms with E-state index in [0.717, 1.165) is 19.4 Å². The van der Waals surface area contributed by atoms with Gasteiger partial charge in [0.15, 0.2) is 5.82 Å². The van der Waals surface area contributed by atoms with Gasteiger partial charge in [-0.1, -0.05) is 0 Å². The van der Waals surface area contributed by atoms with E-state index >= 15 is 0 Å². The van der Waals surface area contributed by atoms with Crippen LogP contribution >= 0.6 is 0 Å². The maximum atomic E-state index is 11.9. The minimum Gasteiger partial charge on any atom is -0.390 e. The highest BCUT2D eigenvalue weighted by Gasteiger charge is 2.26. The van der Waals surface area contributed by atoms with Crippen molar-refractivity contribution in [3.05, 3.63) is 22.7 Å². The normalized spacial score (nSPS) is 25.7. The van der Waals surface area contributed by atoms with Crippen LogP contribution in [0.4, 0.5) is 5.82 Å². The molecule has 0 saturated carbocycles. The zero-order valence-electron chi connectivity index (χ0n) is 10.4. The summed E-state index contributed by atoms with van der Waals surface area (Å²) in [7, 11) is 1.72. The number of rotatable bonds is 1. The Morgan fingerprint density at radius 1 is 1.41 bits per heavy atom. The minimum absolute atomic E-state index is 0.0750. The Labute approximate surface area is 101 Å². The molecule has 0 aliphatic carbocycles. The third-order valence-corrected chi connectivity index (χ3v) is 3.36. The molecule has 1 fully saturated rings. The van der Waals surface area contributed by atoms with Crippen LogP contribution in [0.25, 0.3) is 0 Å². The first-order chi connectivity index (χ1) is 7.99. The quantitative estimate of drug-likeness (QED) is 0.773. The highest BCUT2D eigenvalue weighted by atomic mass is 16.3. The molecule has 1 saturated heterocycles. The first kappa shape index (κ1) is 12.1. The summed E-state index contributed by atoms with van der Waals surface area (Å²) in [5.41, 5.74) is -0.691. The van der Waals surface area contributed by atoms with Gasteiger partial charge in [0.2, 0.25) is 0 Å². The average Bonchev–Trinajstić information content (AvgIpc) is 2.44. The fourth-order valence-corrected chi connectivity index (χ4v) is 2.18. The van der Waals surface area contributed by atoms with Crippen LogP contribution in [0.5, 0.6) is 0 Å². The zero-order chi connectivity index (χ0) is 12.5. The van der Waals surface area contributed by atoms with Crippen molar-refractivity contribution in [2.75, 3.05) is 18.0 Å². The van der Waals surface area contributed by atoms with Crippen LogP contribution in [-0.4, -0.2) is 33.3 Å². The van der Waals surface area contributed by atoms with Gasteiger partial charge in [0.05, 0.1) is 5.60 Å². The lowest BCUT2D eigenvalue weighted by atomic mass is 9.98. The Morgan fingerprint density at radius 3 is 2.94 bits per heavy atom. The molecule has 1 aromatic heterocycles. The monoisotopic (exact) mass is 237 g/mol. The lowest BCUT2D eigenvalue weighted by Gasteiger charge is -2.22. The Morgan fingerprint density at radius 2 is 2.18 bits per heavy atom. The second kappa shape index (κ2) is 4.49. The molecule has 1 aromatic rings. The van der Waals surface area contributed by atoms with Crippen LogP contribution in [0.1, 0.15) is 26.2 Å². The Kier molecular flexibility index (Phi) is 3.19. The first-order valence-corrected chi connectivity index (χ1v) is 5.99. The van der Waals surface area contributed by atoms with E-state index in [1.807, 2.05) is 11.8 Å². The van der Waals surface area contributed by atoms with Crippen molar-refractivity contribution in [3.63, 3.8) is 0 Å². The third-order valence-electron chi connectivity index (χ3n) is 3.36. The summed E-state index contributed by atoms with van der Waals surface area (Å²) in [6.45, 7) is 3.31. The molecule has 1 atom stereocenters. The van der Waals surface area contributed by atoms with Crippen LogP contribution in [0, 0.1) is 0 Å². The number of aliphatic hydroxyl groups is 1. The molecule has 0 spiro atoms. The highest BCUT2D eigenvalue weighted by molar-refractivity contribution is 5.35. The van der Waals surface area contributed by atoms with Crippen molar-refractivity contribution in [2.45, 2.75) is 31.8 Å². The lowest BCUT2D eigenvalue weighted by molar-refractivity contribution is 0.0481. The minimum atomic E-state index is -0.616. The fourth-order valence-electron chi connectivity index (χ4n) is 2.18. The van der Waals surface area contributed by atoms with Crippen LogP contribution in [0.15, 0.2) is 17.2 Å². The van der Waals surface area contributed by atoms with E-state index in [2.05, 4.69) is 4.98 Å². The van der Waals surface area contributed by atoms with Gasteiger partial charge < -0.3 is 14.6 Å².